The van der Waals surface area contributed by atoms with Crippen LogP contribution in [0.15, 0.2) is 0 Å². The van der Waals surface area contributed by atoms with Gasteiger partial charge in [-0.1, -0.05) is 15.9 Å². The molecular weight excluding hydrogens is 230 g/mol. The molecule has 0 radical (unpaired) electrons. The van der Waals surface area contributed by atoms with Crippen LogP contribution in [0.5, 0.6) is 0 Å². The van der Waals surface area contributed by atoms with Crippen LogP contribution in [-0.4, -0.2) is 39.4 Å². The van der Waals surface area contributed by atoms with Gasteiger partial charge in [0.05, 0.1) is 0 Å². The lowest BCUT2D eigenvalue weighted by Gasteiger charge is -1.95. The first-order chi connectivity index (χ1) is 4.74. The molecule has 58 valence electrons. The van der Waals surface area contributed by atoms with Crippen molar-refractivity contribution in [3.05, 3.63) is 0 Å². The molecule has 0 N–H and O–H groups in total. The quantitative estimate of drug-likeness (QED) is 0.509. The van der Waals surface area contributed by atoms with Gasteiger partial charge in [-0.2, -0.15) is 0 Å². The number of hydrogen-bond donors (Lipinski definition) is 0. The van der Waals surface area contributed by atoms with Crippen LogP contribution in [0.3, 0.4) is 0 Å². The van der Waals surface area contributed by atoms with Crippen molar-refractivity contribution in [3.63, 3.8) is 0 Å². The zero-order chi connectivity index (χ0) is 7.56. The summed E-state index contributed by atoms with van der Waals surface area (Å²) in [7, 11) is 4.21. The van der Waals surface area contributed by atoms with Gasteiger partial charge in [0.25, 0.3) is 4.38 Å². The van der Waals surface area contributed by atoms with Crippen molar-refractivity contribution in [1.29, 1.82) is 0 Å². The minimum absolute atomic E-state index is 0.780. The van der Waals surface area contributed by atoms with Crippen molar-refractivity contribution in [1.82, 2.24) is 0 Å². The van der Waals surface area contributed by atoms with Gasteiger partial charge in [0.1, 0.15) is 14.1 Å². The zero-order valence-corrected chi connectivity index (χ0v) is 9.35. The summed E-state index contributed by atoms with van der Waals surface area (Å²) >= 11 is 7.42. The molecule has 10 heavy (non-hydrogen) atoms. The lowest BCUT2D eigenvalue weighted by Crippen LogP contribution is -2.04. The Morgan fingerprint density at radius 1 is 1.70 bits per heavy atom. The molecule has 1 saturated heterocycles. The van der Waals surface area contributed by atoms with E-state index in [0.29, 0.717) is 0 Å². The van der Waals surface area contributed by atoms with E-state index in [1.54, 1.807) is 0 Å². The maximum Gasteiger partial charge on any atom is 0.269 e. The Kier molecular flexibility index (Phi) is 3.60. The maximum absolute atomic E-state index is 3.49. The second-order valence-corrected chi connectivity index (χ2v) is 5.57. The van der Waals surface area contributed by atoms with Crippen molar-refractivity contribution in [2.24, 2.45) is 0 Å². The predicted molar refractivity (Wildman–Crippen MR) is 54.7 cm³/mol. The molecule has 0 aromatic carbocycles. The summed E-state index contributed by atoms with van der Waals surface area (Å²) < 4.78 is 3.64. The van der Waals surface area contributed by atoms with Crippen molar-refractivity contribution in [3.8, 4) is 0 Å². The van der Waals surface area contributed by atoms with Crippen LogP contribution in [0.25, 0.3) is 0 Å². The second-order valence-electron chi connectivity index (χ2n) is 2.37. The number of rotatable bonds is 1. The third-order valence-corrected chi connectivity index (χ3v) is 5.68. The highest BCUT2D eigenvalue weighted by atomic mass is 79.9. The van der Waals surface area contributed by atoms with Crippen LogP contribution in [0.4, 0.5) is 0 Å². The van der Waals surface area contributed by atoms with Crippen molar-refractivity contribution >= 4 is 43.8 Å². The number of halogens is 1. The van der Waals surface area contributed by atoms with Gasteiger partial charge in [0.2, 0.25) is 0 Å². The van der Waals surface area contributed by atoms with Crippen LogP contribution >= 0.6 is 39.5 Å². The van der Waals surface area contributed by atoms with E-state index >= 15 is 0 Å². The first-order valence-electron chi connectivity index (χ1n) is 3.13. The molecule has 1 fully saturated rings. The molecule has 0 bridgehead atoms. The van der Waals surface area contributed by atoms with Gasteiger partial charge in [0.15, 0.2) is 0 Å². The van der Waals surface area contributed by atoms with Crippen molar-refractivity contribution < 1.29 is 4.58 Å². The molecule has 1 nitrogen and oxygen atoms in total. The summed E-state index contributed by atoms with van der Waals surface area (Å²) in [6.45, 7) is 0. The van der Waals surface area contributed by atoms with Crippen LogP contribution in [-0.2, 0) is 0 Å². The molecule has 0 spiro atoms. The van der Waals surface area contributed by atoms with E-state index in [1.807, 2.05) is 23.5 Å². The minimum Gasteiger partial charge on any atom is -0.224 e. The minimum atomic E-state index is 0.780. The Balaban J connectivity index is 2.51. The van der Waals surface area contributed by atoms with Gasteiger partial charge >= 0.3 is 0 Å². The highest BCUT2D eigenvalue weighted by Crippen LogP contribution is 2.33. The largest absolute Gasteiger partial charge is 0.269 e. The van der Waals surface area contributed by atoms with E-state index in [9.17, 15) is 0 Å². The summed E-state index contributed by atoms with van der Waals surface area (Å²) in [6, 6.07) is 0. The lowest BCUT2D eigenvalue weighted by atomic mass is 10.6. The Bertz CT molecular complexity index is 154. The molecule has 1 unspecified atom stereocenters. The Morgan fingerprint density at radius 3 is 2.70 bits per heavy atom. The van der Waals surface area contributed by atoms with Gasteiger partial charge < -0.3 is 0 Å². The van der Waals surface area contributed by atoms with Crippen LogP contribution in [0.1, 0.15) is 0 Å². The Labute approximate surface area is 78.8 Å². The molecule has 0 aliphatic carbocycles. The molecule has 0 aromatic rings. The van der Waals surface area contributed by atoms with Gasteiger partial charge in [-0.25, -0.2) is 4.58 Å². The smallest absolute Gasteiger partial charge is 0.224 e. The van der Waals surface area contributed by atoms with E-state index in [2.05, 4.69) is 34.6 Å². The molecular formula is C6H11BrNS2+. The highest BCUT2D eigenvalue weighted by molar-refractivity contribution is 9.09. The molecule has 1 aliphatic rings. The van der Waals surface area contributed by atoms with E-state index in [4.69, 9.17) is 0 Å². The van der Waals surface area contributed by atoms with Crippen LogP contribution in [0, 0.1) is 0 Å². The topological polar surface area (TPSA) is 3.01 Å². The average molecular weight is 241 g/mol. The molecule has 1 heterocycles. The van der Waals surface area contributed by atoms with E-state index in [1.165, 1.54) is 10.1 Å². The van der Waals surface area contributed by atoms with Crippen LogP contribution < -0.4 is 0 Å². The summed E-state index contributed by atoms with van der Waals surface area (Å²) in [4.78, 5) is 0. The van der Waals surface area contributed by atoms with Crippen molar-refractivity contribution in [2.75, 3.05) is 25.2 Å². The fraction of sp³-hybridized carbons (Fsp3) is 0.833. The molecule has 1 aliphatic heterocycles. The SMILES string of the molecule is C[N+](C)=C1SCC(CBr)S1. The summed E-state index contributed by atoms with van der Waals surface area (Å²) in [5, 5.41) is 1.89. The molecule has 1 atom stereocenters. The third-order valence-electron chi connectivity index (χ3n) is 1.20. The lowest BCUT2D eigenvalue weighted by molar-refractivity contribution is -0.458. The fourth-order valence-electron chi connectivity index (χ4n) is 0.685. The van der Waals surface area contributed by atoms with Gasteiger partial charge in [-0.15, -0.1) is 0 Å². The molecule has 0 saturated carbocycles. The van der Waals surface area contributed by atoms with Gasteiger partial charge in [-0.05, 0) is 23.5 Å². The number of alkyl halides is 1. The van der Waals surface area contributed by atoms with E-state index in [-0.39, 0.29) is 0 Å². The highest BCUT2D eigenvalue weighted by Gasteiger charge is 2.26. The molecule has 0 amide bonds. The normalized spacial score (nSPS) is 25.5. The summed E-state index contributed by atoms with van der Waals surface area (Å²) in [6.07, 6.45) is 0. The van der Waals surface area contributed by atoms with Crippen molar-refractivity contribution in [2.45, 2.75) is 5.25 Å². The predicted octanol–water partition coefficient (Wildman–Crippen LogP) is 1.86. The number of nitrogens with zero attached hydrogens (tertiary/aromatic N) is 1. The van der Waals surface area contributed by atoms with E-state index in [0.717, 1.165) is 10.6 Å². The fourth-order valence-corrected chi connectivity index (χ4v) is 4.24. The van der Waals surface area contributed by atoms with Gasteiger partial charge in [-0.3, -0.25) is 0 Å². The third kappa shape index (κ3) is 2.17. The molecule has 0 aromatic heterocycles. The second kappa shape index (κ2) is 4.02. The average Bonchev–Trinajstić information content (AvgIpc) is 2.34. The standard InChI is InChI=1S/C6H11BrNS2/c1-8(2)6-9-4-5(3-7)10-6/h5H,3-4H2,1-2H3/q+1. The number of thioether (sulfide) groups is 2. The maximum atomic E-state index is 3.49. The zero-order valence-electron chi connectivity index (χ0n) is 6.13. The molecule has 1 rings (SSSR count). The van der Waals surface area contributed by atoms with Crippen LogP contribution in [0.2, 0.25) is 0 Å². The number of hydrogen-bond acceptors (Lipinski definition) is 2. The molecule has 4 heteroatoms. The summed E-state index contributed by atoms with van der Waals surface area (Å²) in [5.74, 6) is 1.25. The summed E-state index contributed by atoms with van der Waals surface area (Å²) in [5.41, 5.74) is 0. The Morgan fingerprint density at radius 2 is 2.40 bits per heavy atom. The Hall–Kier alpha value is 0.850. The first kappa shape index (κ1) is 8.94. The first-order valence-corrected chi connectivity index (χ1v) is 6.12. The van der Waals surface area contributed by atoms with Gasteiger partial charge in [0, 0.05) is 16.3 Å². The van der Waals surface area contributed by atoms with E-state index < -0.39 is 0 Å². The monoisotopic (exact) mass is 240 g/mol.